The lowest BCUT2D eigenvalue weighted by Crippen LogP contribution is -2.42. The Morgan fingerprint density at radius 3 is 2.62 bits per heavy atom. The molecule has 21 heavy (non-hydrogen) atoms. The van der Waals surface area contributed by atoms with Crippen molar-refractivity contribution in [2.75, 3.05) is 20.1 Å². The molecule has 0 fully saturated rings. The van der Waals surface area contributed by atoms with Gasteiger partial charge in [0.25, 0.3) is 0 Å². The molecule has 0 saturated carbocycles. The summed E-state index contributed by atoms with van der Waals surface area (Å²) < 4.78 is 2.18. The summed E-state index contributed by atoms with van der Waals surface area (Å²) in [6.45, 7) is 11.1. The average Bonchev–Trinajstić information content (AvgIpc) is 2.79. The van der Waals surface area contributed by atoms with Crippen LogP contribution in [0, 0.1) is 0 Å². The van der Waals surface area contributed by atoms with E-state index in [1.807, 2.05) is 0 Å². The largest absolute Gasteiger partial charge is 0.351 e. The quantitative estimate of drug-likeness (QED) is 0.907. The van der Waals surface area contributed by atoms with E-state index >= 15 is 0 Å². The highest BCUT2D eigenvalue weighted by Crippen LogP contribution is 2.24. The molecule has 1 N–H and O–H groups in total. The molecule has 0 aliphatic heterocycles. The van der Waals surface area contributed by atoms with Crippen LogP contribution in [-0.4, -0.2) is 35.1 Å². The molecule has 0 aliphatic rings. The molecule has 1 heterocycles. The molecule has 3 heteroatoms. The maximum atomic E-state index is 3.65. The summed E-state index contributed by atoms with van der Waals surface area (Å²) in [6.07, 6.45) is 2.13. The first kappa shape index (κ1) is 16.1. The van der Waals surface area contributed by atoms with Crippen LogP contribution in [-0.2, 0) is 7.05 Å². The topological polar surface area (TPSA) is 20.2 Å². The zero-order valence-corrected chi connectivity index (χ0v) is 14.3. The monoisotopic (exact) mass is 287 g/mol. The Hall–Kier alpha value is -1.32. The molecule has 1 aromatic carbocycles. The number of hydrogen-bond donors (Lipinski definition) is 1. The van der Waals surface area contributed by atoms with Gasteiger partial charge in [-0.15, -0.1) is 0 Å². The Bertz CT molecular complexity index is 592. The molecule has 2 rings (SSSR count). The van der Waals surface area contributed by atoms with Gasteiger partial charge in [0.1, 0.15) is 0 Å². The smallest absolute Gasteiger partial charge is 0.0481 e. The van der Waals surface area contributed by atoms with Crippen molar-refractivity contribution in [3.05, 3.63) is 36.0 Å². The Labute approximate surface area is 128 Å². The molecule has 0 aliphatic carbocycles. The fraction of sp³-hybridized carbons (Fsp3) is 0.556. The Morgan fingerprint density at radius 2 is 1.95 bits per heavy atom. The lowest BCUT2D eigenvalue weighted by atomic mass is 10.0. The van der Waals surface area contributed by atoms with E-state index in [0.717, 1.165) is 13.1 Å². The van der Waals surface area contributed by atoms with Crippen molar-refractivity contribution in [2.24, 2.45) is 7.05 Å². The van der Waals surface area contributed by atoms with Crippen LogP contribution in [0.15, 0.2) is 30.5 Å². The van der Waals surface area contributed by atoms with Crippen LogP contribution < -0.4 is 5.32 Å². The number of hydrogen-bond acceptors (Lipinski definition) is 2. The minimum atomic E-state index is 0.227. The van der Waals surface area contributed by atoms with E-state index in [4.69, 9.17) is 0 Å². The normalized spacial score (nSPS) is 14.0. The van der Waals surface area contributed by atoms with Gasteiger partial charge in [-0.25, -0.2) is 0 Å². The van der Waals surface area contributed by atoms with E-state index in [1.54, 1.807) is 0 Å². The fourth-order valence-corrected chi connectivity index (χ4v) is 2.60. The van der Waals surface area contributed by atoms with Crippen LogP contribution in [0.5, 0.6) is 0 Å². The number of nitrogens with one attached hydrogen (secondary N) is 1. The number of benzene rings is 1. The summed E-state index contributed by atoms with van der Waals surface area (Å²) in [4.78, 5) is 2.38. The highest BCUT2D eigenvalue weighted by Gasteiger charge is 2.16. The van der Waals surface area contributed by atoms with E-state index in [1.165, 1.54) is 16.5 Å². The van der Waals surface area contributed by atoms with Gasteiger partial charge in [0.05, 0.1) is 0 Å². The lowest BCUT2D eigenvalue weighted by molar-refractivity contribution is 0.175. The Kier molecular flexibility index (Phi) is 4.74. The molecule has 3 nitrogen and oxygen atoms in total. The van der Waals surface area contributed by atoms with E-state index in [-0.39, 0.29) is 5.54 Å². The molecule has 0 bridgehead atoms. The predicted molar refractivity (Wildman–Crippen MR) is 91.7 cm³/mol. The van der Waals surface area contributed by atoms with Crippen molar-refractivity contribution in [1.82, 2.24) is 14.8 Å². The van der Waals surface area contributed by atoms with Crippen molar-refractivity contribution in [2.45, 2.75) is 39.3 Å². The summed E-state index contributed by atoms with van der Waals surface area (Å²) in [5.74, 6) is 0. The second kappa shape index (κ2) is 6.20. The van der Waals surface area contributed by atoms with Crippen molar-refractivity contribution in [1.29, 1.82) is 0 Å². The van der Waals surface area contributed by atoms with Gasteiger partial charge in [0.2, 0.25) is 0 Å². The van der Waals surface area contributed by atoms with Gasteiger partial charge in [-0.1, -0.05) is 12.1 Å². The molecule has 0 amide bonds. The number of aryl methyl sites for hydroxylation is 1. The van der Waals surface area contributed by atoms with Crippen LogP contribution in [0.25, 0.3) is 10.9 Å². The van der Waals surface area contributed by atoms with Gasteiger partial charge in [-0.3, -0.25) is 0 Å². The van der Waals surface area contributed by atoms with Crippen molar-refractivity contribution >= 4 is 10.9 Å². The maximum Gasteiger partial charge on any atom is 0.0481 e. The maximum absolute atomic E-state index is 3.65. The van der Waals surface area contributed by atoms with Gasteiger partial charge in [-0.2, -0.15) is 0 Å². The third-order valence-corrected chi connectivity index (χ3v) is 4.47. The van der Waals surface area contributed by atoms with Crippen molar-refractivity contribution in [3.8, 4) is 0 Å². The third kappa shape index (κ3) is 3.66. The minimum absolute atomic E-state index is 0.227. The summed E-state index contributed by atoms with van der Waals surface area (Å²) in [5, 5.41) is 5.00. The molecule has 0 spiro atoms. The zero-order valence-electron chi connectivity index (χ0n) is 14.3. The number of likely N-dealkylation sites (N-methyl/N-ethyl adjacent to an activating group) is 1. The number of nitrogens with zero attached hydrogens (tertiary/aromatic N) is 2. The predicted octanol–water partition coefficient (Wildman–Crippen LogP) is 3.56. The average molecular weight is 287 g/mol. The number of aromatic nitrogens is 1. The molecule has 1 unspecified atom stereocenters. The van der Waals surface area contributed by atoms with E-state index in [9.17, 15) is 0 Å². The van der Waals surface area contributed by atoms with E-state index in [0.29, 0.717) is 6.04 Å². The lowest BCUT2D eigenvalue weighted by Gasteiger charge is -2.32. The molecular weight excluding hydrogens is 258 g/mol. The van der Waals surface area contributed by atoms with E-state index in [2.05, 4.69) is 87.0 Å². The molecule has 0 radical (unpaired) electrons. The van der Waals surface area contributed by atoms with Crippen molar-refractivity contribution in [3.63, 3.8) is 0 Å². The van der Waals surface area contributed by atoms with Gasteiger partial charge in [0, 0.05) is 48.8 Å². The van der Waals surface area contributed by atoms with Crippen LogP contribution in [0.1, 0.15) is 39.3 Å². The fourth-order valence-electron chi connectivity index (χ4n) is 2.60. The summed E-state index contributed by atoms with van der Waals surface area (Å²) in [5.41, 5.74) is 2.91. The minimum Gasteiger partial charge on any atom is -0.351 e. The van der Waals surface area contributed by atoms with Gasteiger partial charge in [0.15, 0.2) is 0 Å². The highest BCUT2D eigenvalue weighted by atomic mass is 15.2. The highest BCUT2D eigenvalue weighted by molar-refractivity contribution is 5.84. The zero-order chi connectivity index (χ0) is 15.6. The van der Waals surface area contributed by atoms with Gasteiger partial charge < -0.3 is 14.8 Å². The first-order valence-electron chi connectivity index (χ1n) is 7.79. The Morgan fingerprint density at radius 1 is 1.24 bits per heavy atom. The van der Waals surface area contributed by atoms with Crippen LogP contribution in [0.2, 0.25) is 0 Å². The summed E-state index contributed by atoms with van der Waals surface area (Å²) in [7, 11) is 4.28. The second-order valence-electron chi connectivity index (χ2n) is 6.97. The SMILES string of the molecule is CC(NCCN(C)C(C)(C)C)c1cccc2c1ccn2C. The first-order valence-corrected chi connectivity index (χ1v) is 7.79. The molecule has 0 saturated heterocycles. The molecule has 116 valence electrons. The molecule has 2 aromatic rings. The number of fused-ring (bicyclic) bond motifs is 1. The first-order chi connectivity index (χ1) is 9.80. The standard InChI is InChI=1S/C18H29N3/c1-14(19-11-13-21(6)18(2,3)4)15-8-7-9-17-16(15)10-12-20(17)5/h7-10,12,14,19H,11,13H2,1-6H3. The molecule has 1 atom stereocenters. The van der Waals surface area contributed by atoms with Crippen LogP contribution in [0.3, 0.4) is 0 Å². The number of rotatable bonds is 5. The molecule has 1 aromatic heterocycles. The van der Waals surface area contributed by atoms with Crippen molar-refractivity contribution < 1.29 is 0 Å². The van der Waals surface area contributed by atoms with Crippen LogP contribution >= 0.6 is 0 Å². The summed E-state index contributed by atoms with van der Waals surface area (Å²) >= 11 is 0. The van der Waals surface area contributed by atoms with Gasteiger partial charge >= 0.3 is 0 Å². The second-order valence-corrected chi connectivity index (χ2v) is 6.97. The molecular formula is C18H29N3. The van der Waals surface area contributed by atoms with Crippen LogP contribution in [0.4, 0.5) is 0 Å². The van der Waals surface area contributed by atoms with E-state index < -0.39 is 0 Å². The third-order valence-electron chi connectivity index (χ3n) is 4.47. The Balaban J connectivity index is 2.01. The summed E-state index contributed by atoms with van der Waals surface area (Å²) in [6, 6.07) is 9.14. The van der Waals surface area contributed by atoms with Gasteiger partial charge in [-0.05, 0) is 52.4 Å².